The van der Waals surface area contributed by atoms with E-state index in [-0.39, 0.29) is 19.0 Å². The van der Waals surface area contributed by atoms with E-state index in [1.165, 1.54) is 0 Å². The molecule has 0 aromatic rings. The summed E-state index contributed by atoms with van der Waals surface area (Å²) >= 11 is 0. The molecular formula is C6H12N2O3S. The largest absolute Gasteiger partial charge is 0.296 e. The van der Waals surface area contributed by atoms with Crippen molar-refractivity contribution in [1.29, 1.82) is 0 Å². The summed E-state index contributed by atoms with van der Waals surface area (Å²) in [4.78, 5) is 13.0. The minimum Gasteiger partial charge on any atom is -0.296 e. The quantitative estimate of drug-likeness (QED) is 0.519. The van der Waals surface area contributed by atoms with Gasteiger partial charge in [0.15, 0.2) is 0 Å². The van der Waals surface area contributed by atoms with Crippen LogP contribution in [0.15, 0.2) is 0 Å². The Kier molecular flexibility index (Phi) is 2.39. The normalized spacial score (nSPS) is 21.5. The van der Waals surface area contributed by atoms with Crippen LogP contribution in [0.2, 0.25) is 0 Å². The van der Waals surface area contributed by atoms with E-state index < -0.39 is 10.0 Å². The lowest BCUT2D eigenvalue weighted by Gasteiger charge is -2.30. The van der Waals surface area contributed by atoms with Crippen molar-refractivity contribution in [2.24, 2.45) is 0 Å². The van der Waals surface area contributed by atoms with Crippen molar-refractivity contribution in [2.75, 3.05) is 32.9 Å². The van der Waals surface area contributed by atoms with Crippen LogP contribution in [-0.4, -0.2) is 56.5 Å². The second kappa shape index (κ2) is 3.02. The first-order valence-electron chi connectivity index (χ1n) is 3.60. The summed E-state index contributed by atoms with van der Waals surface area (Å²) in [5.74, 6) is -0.341. The van der Waals surface area contributed by atoms with Crippen molar-refractivity contribution in [2.45, 2.75) is 0 Å². The second-order valence-electron chi connectivity index (χ2n) is 2.97. The molecule has 1 rings (SSSR count). The smallest absolute Gasteiger partial charge is 0.250 e. The lowest BCUT2D eigenvalue weighted by molar-refractivity contribution is -0.129. The van der Waals surface area contributed by atoms with E-state index in [1.54, 1.807) is 11.9 Å². The van der Waals surface area contributed by atoms with Gasteiger partial charge in [-0.15, -0.1) is 0 Å². The molecule has 1 saturated heterocycles. The van der Waals surface area contributed by atoms with Gasteiger partial charge in [-0.25, -0.2) is 12.7 Å². The number of hydrogen-bond donors (Lipinski definition) is 0. The highest BCUT2D eigenvalue weighted by molar-refractivity contribution is 7.88. The minimum absolute atomic E-state index is 0.188. The van der Waals surface area contributed by atoms with Gasteiger partial charge in [-0.05, 0) is 7.05 Å². The molecule has 12 heavy (non-hydrogen) atoms. The van der Waals surface area contributed by atoms with Gasteiger partial charge in [0, 0.05) is 13.1 Å². The van der Waals surface area contributed by atoms with Crippen molar-refractivity contribution >= 4 is 15.9 Å². The molecule has 1 fully saturated rings. The zero-order valence-corrected chi connectivity index (χ0v) is 7.97. The van der Waals surface area contributed by atoms with Crippen molar-refractivity contribution < 1.29 is 13.2 Å². The van der Waals surface area contributed by atoms with E-state index in [0.29, 0.717) is 6.54 Å². The van der Waals surface area contributed by atoms with Gasteiger partial charge in [0.25, 0.3) is 0 Å². The predicted octanol–water partition coefficient (Wildman–Crippen LogP) is -1.28. The zero-order chi connectivity index (χ0) is 9.35. The average molecular weight is 192 g/mol. The maximum absolute atomic E-state index is 11.2. The zero-order valence-electron chi connectivity index (χ0n) is 7.15. The molecule has 1 aliphatic rings. The molecule has 1 amide bonds. The number of hydrogen-bond acceptors (Lipinski definition) is 4. The van der Waals surface area contributed by atoms with Gasteiger partial charge in [-0.2, -0.15) is 0 Å². The number of carbonyl (C=O) groups excluding carboxylic acids is 1. The number of rotatable bonds is 1. The Morgan fingerprint density at radius 2 is 1.92 bits per heavy atom. The summed E-state index contributed by atoms with van der Waals surface area (Å²) in [6.07, 6.45) is 1.05. The van der Waals surface area contributed by atoms with E-state index in [2.05, 4.69) is 0 Å². The fourth-order valence-electron chi connectivity index (χ4n) is 1.13. The maximum atomic E-state index is 11.2. The fourth-order valence-corrected chi connectivity index (χ4v) is 1.97. The molecule has 6 heteroatoms. The minimum atomic E-state index is -3.34. The molecule has 0 aliphatic carbocycles. The van der Waals surface area contributed by atoms with Crippen LogP contribution in [0.1, 0.15) is 0 Å². The molecule has 0 N–H and O–H groups in total. The molecule has 70 valence electrons. The number of sulfonamides is 1. The van der Waals surface area contributed by atoms with Gasteiger partial charge in [-0.1, -0.05) is 0 Å². The van der Waals surface area contributed by atoms with Crippen LogP contribution < -0.4 is 0 Å². The van der Waals surface area contributed by atoms with Crippen LogP contribution in [0, 0.1) is 0 Å². The summed E-state index contributed by atoms with van der Waals surface area (Å²) < 4.78 is 22.9. The third-order valence-electron chi connectivity index (χ3n) is 1.77. The molecule has 1 heterocycles. The molecule has 0 bridgehead atoms. The topological polar surface area (TPSA) is 57.7 Å². The molecule has 0 spiro atoms. The summed E-state index contributed by atoms with van der Waals surface area (Å²) in [5.41, 5.74) is 0. The van der Waals surface area contributed by atoms with E-state index >= 15 is 0 Å². The van der Waals surface area contributed by atoms with Gasteiger partial charge >= 0.3 is 0 Å². The van der Waals surface area contributed by atoms with E-state index in [1.807, 2.05) is 0 Å². The number of nitrogens with zero attached hydrogens (tertiary/aromatic N) is 2. The van der Waals surface area contributed by atoms with Crippen LogP contribution in [-0.2, 0) is 14.8 Å². The van der Waals surface area contributed by atoms with Crippen molar-refractivity contribution in [1.82, 2.24) is 9.21 Å². The van der Waals surface area contributed by atoms with Crippen LogP contribution in [0.25, 0.3) is 0 Å². The highest BCUT2D eigenvalue weighted by atomic mass is 32.2. The van der Waals surface area contributed by atoms with Crippen LogP contribution >= 0.6 is 0 Å². The van der Waals surface area contributed by atoms with E-state index in [4.69, 9.17) is 0 Å². The first-order valence-corrected chi connectivity index (χ1v) is 5.45. The Bertz CT molecular complexity index is 285. The molecule has 0 unspecified atom stereocenters. The Morgan fingerprint density at radius 3 is 2.33 bits per heavy atom. The Balaban J connectivity index is 2.77. The second-order valence-corrected chi connectivity index (χ2v) is 4.87. The summed E-state index contributed by atoms with van der Waals surface area (Å²) in [5, 5.41) is 0. The standard InChI is InChI=1S/C6H12N2O3S/c1-7-3-4-8(6(9)5-7)12(2,10)11/h3-5H2,1-2H3. The Hall–Kier alpha value is -0.620. The molecule has 0 atom stereocenters. The van der Waals surface area contributed by atoms with Crippen molar-refractivity contribution in [3.05, 3.63) is 0 Å². The number of likely N-dealkylation sites (N-methyl/N-ethyl adjacent to an activating group) is 1. The third kappa shape index (κ3) is 1.95. The third-order valence-corrected chi connectivity index (χ3v) is 2.96. The van der Waals surface area contributed by atoms with Gasteiger partial charge in [0.1, 0.15) is 0 Å². The van der Waals surface area contributed by atoms with Gasteiger partial charge in [-0.3, -0.25) is 9.69 Å². The molecule has 0 radical (unpaired) electrons. The van der Waals surface area contributed by atoms with E-state index in [9.17, 15) is 13.2 Å². The lowest BCUT2D eigenvalue weighted by atomic mass is 10.4. The van der Waals surface area contributed by atoms with Gasteiger partial charge < -0.3 is 0 Å². The first kappa shape index (κ1) is 9.47. The van der Waals surface area contributed by atoms with Gasteiger partial charge in [0.05, 0.1) is 12.8 Å². The highest BCUT2D eigenvalue weighted by Crippen LogP contribution is 2.05. The monoisotopic (exact) mass is 192 g/mol. The first-order chi connectivity index (χ1) is 5.41. The van der Waals surface area contributed by atoms with E-state index in [0.717, 1.165) is 10.6 Å². The molecule has 0 aromatic carbocycles. The molecule has 1 aliphatic heterocycles. The molecular weight excluding hydrogens is 180 g/mol. The van der Waals surface area contributed by atoms with Gasteiger partial charge in [0.2, 0.25) is 15.9 Å². The highest BCUT2D eigenvalue weighted by Gasteiger charge is 2.27. The Morgan fingerprint density at radius 1 is 1.33 bits per heavy atom. The van der Waals surface area contributed by atoms with Crippen molar-refractivity contribution in [3.63, 3.8) is 0 Å². The SMILES string of the molecule is CN1CCN(S(C)(=O)=O)C(=O)C1. The summed E-state index contributed by atoms with van der Waals surface area (Å²) in [7, 11) is -1.55. The maximum Gasteiger partial charge on any atom is 0.250 e. The summed E-state index contributed by atoms with van der Waals surface area (Å²) in [6, 6.07) is 0. The molecule has 0 saturated carbocycles. The predicted molar refractivity (Wildman–Crippen MR) is 44.1 cm³/mol. The van der Waals surface area contributed by atoms with Crippen LogP contribution in [0.4, 0.5) is 0 Å². The number of amides is 1. The summed E-state index contributed by atoms with van der Waals surface area (Å²) in [6.45, 7) is 1.07. The molecule has 0 aromatic heterocycles. The number of piperazine rings is 1. The average Bonchev–Trinajstić information content (AvgIpc) is 1.83. The Labute approximate surface area is 72.0 Å². The fraction of sp³-hybridized carbons (Fsp3) is 0.833. The van der Waals surface area contributed by atoms with Crippen LogP contribution in [0.3, 0.4) is 0 Å². The van der Waals surface area contributed by atoms with Crippen molar-refractivity contribution in [3.8, 4) is 0 Å². The number of carbonyl (C=O) groups is 1. The van der Waals surface area contributed by atoms with Crippen LogP contribution in [0.5, 0.6) is 0 Å². The lowest BCUT2D eigenvalue weighted by Crippen LogP contribution is -2.50. The molecule has 5 nitrogen and oxygen atoms in total.